The van der Waals surface area contributed by atoms with Crippen molar-refractivity contribution in [2.45, 2.75) is 66.2 Å². The number of aryl methyl sites for hydroxylation is 1. The Morgan fingerprint density at radius 3 is 2.57 bits per heavy atom. The molecular weight excluding hydrogens is 450 g/mol. The van der Waals surface area contributed by atoms with E-state index >= 15 is 0 Å². The molecule has 7 rings (SSSR count). The zero-order valence-electron chi connectivity index (χ0n) is 22.6. The zero-order valence-corrected chi connectivity index (χ0v) is 22.6. The molecule has 0 spiro atoms. The Morgan fingerprint density at radius 2 is 1.78 bits per heavy atom. The molecule has 0 bridgehead atoms. The molecule has 1 unspecified atom stereocenters. The minimum absolute atomic E-state index is 0.413. The molecule has 2 aliphatic rings. The van der Waals surface area contributed by atoms with Gasteiger partial charge < -0.3 is 4.42 Å². The monoisotopic (exact) mass is 485 g/mol. The highest BCUT2D eigenvalue weighted by Gasteiger charge is 2.33. The van der Waals surface area contributed by atoms with Crippen molar-refractivity contribution >= 4 is 44.1 Å². The lowest BCUT2D eigenvalue weighted by Crippen LogP contribution is -2.07. The minimum Gasteiger partial charge on any atom is -0.455 e. The van der Waals surface area contributed by atoms with E-state index in [1.54, 1.807) is 0 Å². The summed E-state index contributed by atoms with van der Waals surface area (Å²) in [7, 11) is 0. The molecule has 37 heavy (non-hydrogen) atoms. The molecule has 0 saturated heterocycles. The maximum atomic E-state index is 6.50. The number of benzene rings is 4. The molecule has 1 fully saturated rings. The van der Waals surface area contributed by atoms with E-state index in [4.69, 9.17) is 9.41 Å². The van der Waals surface area contributed by atoms with Gasteiger partial charge in [0.25, 0.3) is 0 Å². The van der Waals surface area contributed by atoms with Gasteiger partial charge in [0.2, 0.25) is 0 Å². The first-order valence-corrected chi connectivity index (χ1v) is 13.9. The number of rotatable bonds is 4. The fourth-order valence-corrected chi connectivity index (χ4v) is 6.93. The van der Waals surface area contributed by atoms with Gasteiger partial charge in [0.1, 0.15) is 11.2 Å². The van der Waals surface area contributed by atoms with Gasteiger partial charge in [-0.25, -0.2) is 4.99 Å². The smallest absolute Gasteiger partial charge is 0.144 e. The van der Waals surface area contributed by atoms with E-state index in [0.29, 0.717) is 17.3 Å². The third-order valence-electron chi connectivity index (χ3n) is 8.64. The van der Waals surface area contributed by atoms with Crippen LogP contribution >= 0.6 is 0 Å². The van der Waals surface area contributed by atoms with Crippen molar-refractivity contribution in [3.63, 3.8) is 0 Å². The van der Waals surface area contributed by atoms with Gasteiger partial charge in [-0.15, -0.1) is 0 Å². The summed E-state index contributed by atoms with van der Waals surface area (Å²) in [6.07, 6.45) is 4.90. The van der Waals surface area contributed by atoms with Gasteiger partial charge in [0.05, 0.1) is 11.4 Å². The number of aliphatic imine (C=N–C) groups is 1. The molecule has 5 aromatic rings. The molecule has 1 aliphatic carbocycles. The van der Waals surface area contributed by atoms with Crippen LogP contribution < -0.4 is 0 Å². The Morgan fingerprint density at radius 1 is 0.946 bits per heavy atom. The Labute approximate surface area is 219 Å². The Kier molecular flexibility index (Phi) is 4.96. The van der Waals surface area contributed by atoms with Gasteiger partial charge in [0, 0.05) is 27.3 Å². The van der Waals surface area contributed by atoms with Crippen molar-refractivity contribution in [1.82, 2.24) is 0 Å². The van der Waals surface area contributed by atoms with Crippen molar-refractivity contribution in [3.05, 3.63) is 88.5 Å². The standard InChI is InChI=1S/C35H35NO/c1-20(2)14-22-10-11-30-32-26(22)17-24(23-12-13-35(4,5)19-23)18-28(32)33(36-30)29-16-21(3)15-27-25-8-6-7-9-31(25)37-34(27)29/h6-11,15-18,20,23H,12-14,19H2,1-5H3. The molecule has 0 radical (unpaired) electrons. The lowest BCUT2D eigenvalue weighted by molar-refractivity contribution is 0.376. The summed E-state index contributed by atoms with van der Waals surface area (Å²) < 4.78 is 6.50. The summed E-state index contributed by atoms with van der Waals surface area (Å²) in [5, 5.41) is 5.06. The number of para-hydroxylation sites is 1. The number of fused-ring (bicyclic) bond motifs is 3. The molecule has 186 valence electrons. The van der Waals surface area contributed by atoms with E-state index in [1.807, 2.05) is 6.07 Å². The summed E-state index contributed by atoms with van der Waals surface area (Å²) in [6, 6.07) is 22.4. The Bertz CT molecular complexity index is 1750. The predicted octanol–water partition coefficient (Wildman–Crippen LogP) is 10.0. The molecule has 2 heteroatoms. The lowest BCUT2D eigenvalue weighted by Gasteiger charge is -2.19. The van der Waals surface area contributed by atoms with Gasteiger partial charge in [-0.05, 0) is 102 Å². The Hall–Kier alpha value is -3.39. The van der Waals surface area contributed by atoms with E-state index in [0.717, 1.165) is 34.5 Å². The minimum atomic E-state index is 0.413. The predicted molar refractivity (Wildman–Crippen MR) is 157 cm³/mol. The van der Waals surface area contributed by atoms with Crippen LogP contribution in [0.15, 0.2) is 70.1 Å². The van der Waals surface area contributed by atoms with E-state index in [-0.39, 0.29) is 0 Å². The zero-order chi connectivity index (χ0) is 25.5. The van der Waals surface area contributed by atoms with Crippen LogP contribution in [-0.2, 0) is 6.42 Å². The molecule has 4 aromatic carbocycles. The molecule has 1 aromatic heterocycles. The second-order valence-corrected chi connectivity index (χ2v) is 12.7. The van der Waals surface area contributed by atoms with E-state index in [2.05, 4.69) is 89.2 Å². The number of furan rings is 1. The molecule has 0 N–H and O–H groups in total. The number of hydrogen-bond donors (Lipinski definition) is 0. The third kappa shape index (κ3) is 3.64. The van der Waals surface area contributed by atoms with Gasteiger partial charge >= 0.3 is 0 Å². The van der Waals surface area contributed by atoms with Gasteiger partial charge in [0.15, 0.2) is 0 Å². The number of nitrogens with zero attached hydrogens (tertiary/aromatic N) is 1. The summed E-state index contributed by atoms with van der Waals surface area (Å²) in [6.45, 7) is 11.7. The van der Waals surface area contributed by atoms with E-state index in [1.165, 1.54) is 63.1 Å². The van der Waals surface area contributed by atoms with Crippen LogP contribution in [0.5, 0.6) is 0 Å². The number of hydrogen-bond acceptors (Lipinski definition) is 2. The van der Waals surface area contributed by atoms with Crippen LogP contribution in [0.4, 0.5) is 5.69 Å². The van der Waals surface area contributed by atoms with Crippen molar-refractivity contribution in [2.75, 3.05) is 0 Å². The largest absolute Gasteiger partial charge is 0.455 e. The van der Waals surface area contributed by atoms with Crippen LogP contribution in [0.25, 0.3) is 32.7 Å². The summed E-state index contributed by atoms with van der Waals surface area (Å²) in [5.74, 6) is 1.22. The first-order chi connectivity index (χ1) is 17.8. The maximum Gasteiger partial charge on any atom is 0.144 e. The molecule has 2 nitrogen and oxygen atoms in total. The molecule has 0 amide bonds. The molecule has 2 heterocycles. The topological polar surface area (TPSA) is 25.5 Å². The van der Waals surface area contributed by atoms with Crippen LogP contribution in [0, 0.1) is 18.3 Å². The van der Waals surface area contributed by atoms with Crippen LogP contribution in [-0.4, -0.2) is 5.71 Å². The van der Waals surface area contributed by atoms with Crippen LogP contribution in [0.3, 0.4) is 0 Å². The highest BCUT2D eigenvalue weighted by molar-refractivity contribution is 6.30. The van der Waals surface area contributed by atoms with Crippen molar-refractivity contribution in [1.29, 1.82) is 0 Å². The second-order valence-electron chi connectivity index (χ2n) is 12.7. The average Bonchev–Trinajstić information content (AvgIpc) is 3.53. The first kappa shape index (κ1) is 22.8. The summed E-state index contributed by atoms with van der Waals surface area (Å²) in [4.78, 5) is 5.30. The highest BCUT2D eigenvalue weighted by Crippen LogP contribution is 2.49. The normalized spacial score (nSPS) is 18.5. The highest BCUT2D eigenvalue weighted by atomic mass is 16.3. The van der Waals surface area contributed by atoms with Crippen LogP contribution in [0.2, 0.25) is 0 Å². The third-order valence-corrected chi connectivity index (χ3v) is 8.64. The van der Waals surface area contributed by atoms with Crippen molar-refractivity contribution < 1.29 is 4.42 Å². The second kappa shape index (κ2) is 8.05. The van der Waals surface area contributed by atoms with Crippen molar-refractivity contribution in [3.8, 4) is 0 Å². The van der Waals surface area contributed by atoms with Crippen molar-refractivity contribution in [2.24, 2.45) is 16.3 Å². The van der Waals surface area contributed by atoms with E-state index in [9.17, 15) is 0 Å². The lowest BCUT2D eigenvalue weighted by atomic mass is 9.85. The van der Waals surface area contributed by atoms with E-state index < -0.39 is 0 Å². The van der Waals surface area contributed by atoms with Gasteiger partial charge in [-0.2, -0.15) is 0 Å². The fourth-order valence-electron chi connectivity index (χ4n) is 6.93. The molecule has 1 atom stereocenters. The molecular formula is C35H35NO. The molecule has 1 saturated carbocycles. The SMILES string of the molecule is Cc1cc(C2=Nc3ccc(CC(C)C)c4cc(C5CCC(C)(C)C5)cc2c34)c2oc3ccccc3c2c1. The maximum absolute atomic E-state index is 6.50. The quantitative estimate of drug-likeness (QED) is 0.244. The Balaban J connectivity index is 1.49. The molecule has 1 aliphatic heterocycles. The first-order valence-electron chi connectivity index (χ1n) is 13.9. The van der Waals surface area contributed by atoms with Crippen LogP contribution in [0.1, 0.15) is 80.7 Å². The summed E-state index contributed by atoms with van der Waals surface area (Å²) in [5.41, 5.74) is 11.0. The summed E-state index contributed by atoms with van der Waals surface area (Å²) >= 11 is 0. The fraction of sp³-hybridized carbons (Fsp3) is 0.343. The van der Waals surface area contributed by atoms with Gasteiger partial charge in [-0.3, -0.25) is 0 Å². The average molecular weight is 486 g/mol. The van der Waals surface area contributed by atoms with Gasteiger partial charge in [-0.1, -0.05) is 58.0 Å².